The Morgan fingerprint density at radius 1 is 1.08 bits per heavy atom. The van der Waals surface area contributed by atoms with Gasteiger partial charge in [-0.05, 0) is 32.6 Å². The molecule has 0 saturated carbocycles. The molecule has 0 aliphatic heterocycles. The van der Waals surface area contributed by atoms with Crippen molar-refractivity contribution in [1.29, 1.82) is 0 Å². The minimum Gasteiger partial charge on any atom is -0.550 e. The van der Waals surface area contributed by atoms with Gasteiger partial charge in [0.1, 0.15) is 12.5 Å². The predicted molar refractivity (Wildman–Crippen MR) is 91.1 cm³/mol. The van der Waals surface area contributed by atoms with Gasteiger partial charge in [-0.3, -0.25) is 4.79 Å². The second-order valence-corrected chi connectivity index (χ2v) is 6.83. The highest BCUT2D eigenvalue weighted by Crippen LogP contribution is 2.18. The highest BCUT2D eigenvalue weighted by molar-refractivity contribution is 5.69. The zero-order valence-electron chi connectivity index (χ0n) is 15.1. The Labute approximate surface area is 145 Å². The number of hydrogen-bond acceptors (Lipinski definition) is 4. The third-order valence-corrected chi connectivity index (χ3v) is 4.51. The van der Waals surface area contributed by atoms with Crippen molar-refractivity contribution in [3.63, 3.8) is 0 Å². The van der Waals surface area contributed by atoms with E-state index in [4.69, 9.17) is 0 Å². The Bertz CT molecular complexity index is 375. The van der Waals surface area contributed by atoms with Crippen molar-refractivity contribution in [1.82, 2.24) is 0 Å². The Morgan fingerprint density at radius 2 is 1.67 bits per heavy atom. The summed E-state index contributed by atoms with van der Waals surface area (Å²) in [6.07, 6.45) is 6.89. The molecule has 3 atom stereocenters. The third kappa shape index (κ3) is 9.03. The van der Waals surface area contributed by atoms with E-state index in [1.807, 2.05) is 6.08 Å². The Morgan fingerprint density at radius 3 is 2.17 bits per heavy atom. The summed E-state index contributed by atoms with van der Waals surface area (Å²) < 4.78 is 0.306. The summed E-state index contributed by atoms with van der Waals surface area (Å²) in [5.41, 5.74) is 0. The van der Waals surface area contributed by atoms with Crippen LogP contribution in [0.2, 0.25) is 0 Å². The lowest BCUT2D eigenvalue weighted by Gasteiger charge is -2.41. The van der Waals surface area contributed by atoms with E-state index in [1.165, 1.54) is 0 Å². The van der Waals surface area contributed by atoms with Crippen molar-refractivity contribution in [3.8, 4) is 0 Å². The van der Waals surface area contributed by atoms with Gasteiger partial charge in [-0.25, -0.2) is 0 Å². The summed E-state index contributed by atoms with van der Waals surface area (Å²) in [6.45, 7) is 8.44. The second-order valence-electron chi connectivity index (χ2n) is 6.83. The topological polar surface area (TPSA) is 97.7 Å². The number of rotatable bonds is 15. The van der Waals surface area contributed by atoms with Crippen LogP contribution in [0.1, 0.15) is 46.0 Å². The molecule has 0 rings (SSSR count). The van der Waals surface area contributed by atoms with E-state index in [0.717, 1.165) is 32.1 Å². The first-order chi connectivity index (χ1) is 11.3. The summed E-state index contributed by atoms with van der Waals surface area (Å²) in [5.74, 6) is -3.31. The van der Waals surface area contributed by atoms with Gasteiger partial charge >= 0.3 is 5.97 Å². The summed E-state index contributed by atoms with van der Waals surface area (Å²) in [4.78, 5) is 22.4. The molecular weight excluding hydrogens is 310 g/mol. The maximum absolute atomic E-state index is 11.2. The quantitative estimate of drug-likeness (QED) is 0.263. The first kappa shape index (κ1) is 22.6. The van der Waals surface area contributed by atoms with Gasteiger partial charge in [0.2, 0.25) is 0 Å². The van der Waals surface area contributed by atoms with Gasteiger partial charge in [0.15, 0.2) is 0 Å². The highest BCUT2D eigenvalue weighted by Gasteiger charge is 2.33. The van der Waals surface area contributed by atoms with Gasteiger partial charge in [0.25, 0.3) is 0 Å². The first-order valence-electron chi connectivity index (χ1n) is 8.78. The standard InChI is InChI=1S/C18H33NO5/c1-4-5-6-7-8-9-10-19(11-12-20,13-15(2)17(21)22)14-16(3)18(23)24/h4,15-16,20H,1,5-14H2,2-3H3,(H-,21,22,23,24). The molecule has 0 radical (unpaired) electrons. The third-order valence-electron chi connectivity index (χ3n) is 4.51. The molecule has 2 N–H and O–H groups in total. The number of carbonyl (C=O) groups is 2. The number of nitrogens with zero attached hydrogens (tertiary/aromatic N) is 1. The van der Waals surface area contributed by atoms with Crippen LogP contribution in [0.4, 0.5) is 0 Å². The Balaban J connectivity index is 4.93. The number of carboxylic acid groups (broad SMARTS) is 2. The molecule has 0 aromatic rings. The number of aliphatic carboxylic acids is 2. The summed E-state index contributed by atoms with van der Waals surface area (Å²) >= 11 is 0. The molecule has 0 fully saturated rings. The highest BCUT2D eigenvalue weighted by atomic mass is 16.4. The largest absolute Gasteiger partial charge is 0.550 e. The molecule has 0 bridgehead atoms. The molecule has 0 aliphatic rings. The van der Waals surface area contributed by atoms with E-state index >= 15 is 0 Å². The first-order valence-corrected chi connectivity index (χ1v) is 8.78. The SMILES string of the molecule is C=CCCCCCC[N+](CCO)(CC(C)C(=O)[O-])CC(C)C(=O)O. The van der Waals surface area contributed by atoms with Gasteiger partial charge in [-0.1, -0.05) is 19.4 Å². The van der Waals surface area contributed by atoms with Crippen LogP contribution in [0.15, 0.2) is 12.7 Å². The number of aliphatic hydroxyl groups is 1. The monoisotopic (exact) mass is 343 g/mol. The van der Waals surface area contributed by atoms with Crippen molar-refractivity contribution >= 4 is 11.9 Å². The fourth-order valence-corrected chi connectivity index (χ4v) is 3.17. The van der Waals surface area contributed by atoms with E-state index in [2.05, 4.69) is 6.58 Å². The zero-order chi connectivity index (χ0) is 18.6. The molecule has 0 aromatic carbocycles. The van der Waals surface area contributed by atoms with Crippen LogP contribution >= 0.6 is 0 Å². The van der Waals surface area contributed by atoms with Crippen LogP contribution in [0.3, 0.4) is 0 Å². The lowest BCUT2D eigenvalue weighted by Crippen LogP contribution is -2.57. The molecule has 6 nitrogen and oxygen atoms in total. The summed E-state index contributed by atoms with van der Waals surface area (Å²) in [6, 6.07) is 0. The molecule has 0 amide bonds. The molecule has 140 valence electrons. The Hall–Kier alpha value is -1.40. The lowest BCUT2D eigenvalue weighted by atomic mass is 10.0. The minimum atomic E-state index is -1.13. The number of allylic oxidation sites excluding steroid dienone is 1. The van der Waals surface area contributed by atoms with Gasteiger partial charge < -0.3 is 24.6 Å². The predicted octanol–water partition coefficient (Wildman–Crippen LogP) is 1.04. The van der Waals surface area contributed by atoms with Crippen LogP contribution in [0.5, 0.6) is 0 Å². The van der Waals surface area contributed by atoms with E-state index < -0.39 is 23.8 Å². The molecule has 0 saturated heterocycles. The van der Waals surface area contributed by atoms with Gasteiger partial charge in [-0.2, -0.15) is 0 Å². The number of aliphatic hydroxyl groups excluding tert-OH is 1. The van der Waals surface area contributed by atoms with Gasteiger partial charge in [0.05, 0.1) is 26.2 Å². The van der Waals surface area contributed by atoms with E-state index in [9.17, 15) is 24.9 Å². The molecule has 0 aromatic heterocycles. The number of unbranched alkanes of at least 4 members (excludes halogenated alkanes) is 4. The van der Waals surface area contributed by atoms with Gasteiger partial charge in [-0.15, -0.1) is 6.58 Å². The molecule has 0 heterocycles. The lowest BCUT2D eigenvalue weighted by molar-refractivity contribution is -0.932. The number of quaternary nitrogens is 1. The van der Waals surface area contributed by atoms with Crippen LogP contribution in [0, 0.1) is 11.8 Å². The second kappa shape index (κ2) is 12.0. The molecule has 3 unspecified atom stereocenters. The normalized spacial score (nSPS) is 16.1. The Kier molecular flexibility index (Phi) is 11.3. The van der Waals surface area contributed by atoms with Crippen LogP contribution in [-0.4, -0.2) is 59.4 Å². The summed E-state index contributed by atoms with van der Waals surface area (Å²) in [5, 5.41) is 29.8. The van der Waals surface area contributed by atoms with Gasteiger partial charge in [0, 0.05) is 11.9 Å². The maximum Gasteiger partial charge on any atom is 0.311 e. The van der Waals surface area contributed by atoms with E-state index in [1.54, 1.807) is 13.8 Å². The van der Waals surface area contributed by atoms with Crippen LogP contribution in [0.25, 0.3) is 0 Å². The molecule has 6 heteroatoms. The zero-order valence-corrected chi connectivity index (χ0v) is 15.1. The average molecular weight is 343 g/mol. The minimum absolute atomic E-state index is 0.0947. The number of hydrogen-bond donors (Lipinski definition) is 2. The van der Waals surface area contributed by atoms with Crippen LogP contribution < -0.4 is 5.11 Å². The van der Waals surface area contributed by atoms with E-state index in [0.29, 0.717) is 24.1 Å². The van der Waals surface area contributed by atoms with Crippen molar-refractivity contribution in [3.05, 3.63) is 12.7 Å². The average Bonchev–Trinajstić information content (AvgIpc) is 2.50. The number of carbonyl (C=O) groups excluding carboxylic acids is 1. The maximum atomic E-state index is 11.2. The number of carboxylic acids is 2. The van der Waals surface area contributed by atoms with E-state index in [-0.39, 0.29) is 13.2 Å². The van der Waals surface area contributed by atoms with Crippen molar-refractivity contribution < 1.29 is 29.4 Å². The fourth-order valence-electron chi connectivity index (χ4n) is 3.17. The molecular formula is C18H33NO5. The molecule has 0 aliphatic carbocycles. The summed E-state index contributed by atoms with van der Waals surface area (Å²) in [7, 11) is 0. The smallest absolute Gasteiger partial charge is 0.311 e. The van der Waals surface area contributed by atoms with Crippen molar-refractivity contribution in [2.75, 3.05) is 32.8 Å². The van der Waals surface area contributed by atoms with Crippen molar-refractivity contribution in [2.45, 2.75) is 46.0 Å². The molecule has 0 spiro atoms. The molecule has 24 heavy (non-hydrogen) atoms. The fraction of sp³-hybridized carbons (Fsp3) is 0.778. The van der Waals surface area contributed by atoms with Crippen LogP contribution in [-0.2, 0) is 9.59 Å². The van der Waals surface area contributed by atoms with Crippen molar-refractivity contribution in [2.24, 2.45) is 11.8 Å².